The number of carboxylic acid groups (broad SMARTS) is 1. The predicted octanol–water partition coefficient (Wildman–Crippen LogP) is 4.17. The van der Waals surface area contributed by atoms with Gasteiger partial charge in [-0.2, -0.15) is 0 Å². The minimum absolute atomic E-state index is 0.180. The maximum Gasteiger partial charge on any atom is 0.338 e. The quantitative estimate of drug-likeness (QED) is 0.909. The van der Waals surface area contributed by atoms with Crippen molar-refractivity contribution in [3.8, 4) is 5.75 Å². The fourth-order valence-corrected chi connectivity index (χ4v) is 2.23. The zero-order valence-electron chi connectivity index (χ0n) is 10.7. The van der Waals surface area contributed by atoms with Crippen LogP contribution in [0.15, 0.2) is 40.9 Å². The lowest BCUT2D eigenvalue weighted by Gasteiger charge is -2.10. The van der Waals surface area contributed by atoms with Crippen molar-refractivity contribution in [1.29, 1.82) is 0 Å². The van der Waals surface area contributed by atoms with Gasteiger partial charge in [0.25, 0.3) is 0 Å². The van der Waals surface area contributed by atoms with E-state index in [0.717, 1.165) is 10.0 Å². The van der Waals surface area contributed by atoms with E-state index >= 15 is 0 Å². The molecule has 0 fully saturated rings. The Hall–Kier alpha value is -1.88. The summed E-state index contributed by atoms with van der Waals surface area (Å²) in [6.45, 7) is 2.09. The van der Waals surface area contributed by atoms with Gasteiger partial charge in [0.05, 0.1) is 5.56 Å². The van der Waals surface area contributed by atoms with E-state index in [2.05, 4.69) is 15.9 Å². The average Bonchev–Trinajstić information content (AvgIpc) is 2.37. The van der Waals surface area contributed by atoms with Crippen LogP contribution >= 0.6 is 15.9 Å². The zero-order chi connectivity index (χ0) is 14.7. The van der Waals surface area contributed by atoms with Crippen molar-refractivity contribution in [3.05, 3.63) is 63.4 Å². The summed E-state index contributed by atoms with van der Waals surface area (Å²) in [6.07, 6.45) is 0. The molecule has 3 nitrogen and oxygen atoms in total. The Balaban J connectivity index is 2.11. The summed E-state index contributed by atoms with van der Waals surface area (Å²) in [5.74, 6) is -1.33. The predicted molar refractivity (Wildman–Crippen MR) is 76.6 cm³/mol. The summed E-state index contributed by atoms with van der Waals surface area (Å²) in [5, 5.41) is 8.75. The molecule has 2 aromatic rings. The Kier molecular flexibility index (Phi) is 4.39. The normalized spacial score (nSPS) is 10.3. The minimum atomic E-state index is -1.28. The molecule has 0 aliphatic carbocycles. The number of halogens is 2. The Morgan fingerprint density at radius 2 is 2.05 bits per heavy atom. The number of benzene rings is 2. The fraction of sp³-hybridized carbons (Fsp3) is 0.133. The first-order valence-corrected chi connectivity index (χ1v) is 6.67. The van der Waals surface area contributed by atoms with Crippen molar-refractivity contribution >= 4 is 21.9 Å². The summed E-state index contributed by atoms with van der Waals surface area (Å²) >= 11 is 3.36. The van der Waals surface area contributed by atoms with E-state index in [1.165, 1.54) is 12.1 Å². The van der Waals surface area contributed by atoms with E-state index in [1.54, 1.807) is 6.07 Å². The van der Waals surface area contributed by atoms with Gasteiger partial charge in [0.2, 0.25) is 0 Å². The zero-order valence-corrected chi connectivity index (χ0v) is 12.3. The van der Waals surface area contributed by atoms with Crippen LogP contribution in [-0.4, -0.2) is 11.1 Å². The number of ether oxygens (including phenoxy) is 1. The summed E-state index contributed by atoms with van der Waals surface area (Å²) in [6, 6.07) is 9.56. The number of aromatic carboxylic acids is 1. The van der Waals surface area contributed by atoms with Crippen molar-refractivity contribution in [2.45, 2.75) is 13.5 Å². The molecule has 0 aliphatic rings. The maximum atomic E-state index is 13.5. The molecule has 0 aromatic heterocycles. The SMILES string of the molecule is Cc1cc(Br)ccc1OCc1ccc(C(=O)O)c(F)c1. The third-order valence-corrected chi connectivity index (χ3v) is 3.29. The van der Waals surface area contributed by atoms with Gasteiger partial charge in [-0.1, -0.05) is 22.0 Å². The second kappa shape index (κ2) is 6.05. The lowest BCUT2D eigenvalue weighted by Crippen LogP contribution is -2.03. The van der Waals surface area contributed by atoms with Crippen LogP contribution in [0.4, 0.5) is 4.39 Å². The summed E-state index contributed by atoms with van der Waals surface area (Å²) in [7, 11) is 0. The average molecular weight is 339 g/mol. The largest absolute Gasteiger partial charge is 0.489 e. The highest BCUT2D eigenvalue weighted by molar-refractivity contribution is 9.10. The standard InChI is InChI=1S/C15H12BrFO3/c1-9-6-11(16)3-5-14(9)20-8-10-2-4-12(15(18)19)13(17)7-10/h2-7H,8H2,1H3,(H,18,19). The summed E-state index contributed by atoms with van der Waals surface area (Å²) in [5.41, 5.74) is 1.20. The molecule has 1 N–H and O–H groups in total. The second-order valence-corrected chi connectivity index (χ2v) is 5.23. The number of carbonyl (C=O) groups is 1. The first kappa shape index (κ1) is 14.5. The number of hydrogen-bond acceptors (Lipinski definition) is 2. The Bertz CT molecular complexity index is 656. The maximum absolute atomic E-state index is 13.5. The lowest BCUT2D eigenvalue weighted by atomic mass is 10.1. The molecule has 20 heavy (non-hydrogen) atoms. The molecule has 0 amide bonds. The highest BCUT2D eigenvalue weighted by Gasteiger charge is 2.10. The Morgan fingerprint density at radius 1 is 1.30 bits per heavy atom. The van der Waals surface area contributed by atoms with Crippen LogP contribution in [0, 0.1) is 12.7 Å². The Morgan fingerprint density at radius 3 is 2.65 bits per heavy atom. The van der Waals surface area contributed by atoms with Crippen molar-refractivity contribution in [2.24, 2.45) is 0 Å². The molecule has 0 saturated heterocycles. The van der Waals surface area contributed by atoms with Gasteiger partial charge in [0.1, 0.15) is 18.2 Å². The molecule has 5 heteroatoms. The van der Waals surface area contributed by atoms with Crippen molar-refractivity contribution in [3.63, 3.8) is 0 Å². The van der Waals surface area contributed by atoms with Crippen LogP contribution in [0.25, 0.3) is 0 Å². The molecule has 2 rings (SSSR count). The molecular formula is C15H12BrFO3. The van der Waals surface area contributed by atoms with Gasteiger partial charge in [0, 0.05) is 4.47 Å². The second-order valence-electron chi connectivity index (χ2n) is 4.32. The summed E-state index contributed by atoms with van der Waals surface area (Å²) < 4.78 is 20.1. The van der Waals surface area contributed by atoms with E-state index in [4.69, 9.17) is 9.84 Å². The minimum Gasteiger partial charge on any atom is -0.489 e. The van der Waals surface area contributed by atoms with Crippen LogP contribution in [0.3, 0.4) is 0 Å². The van der Waals surface area contributed by atoms with Crippen LogP contribution in [-0.2, 0) is 6.61 Å². The molecule has 0 aliphatic heterocycles. The smallest absolute Gasteiger partial charge is 0.338 e. The number of aryl methyl sites for hydroxylation is 1. The molecular weight excluding hydrogens is 327 g/mol. The van der Waals surface area contributed by atoms with Gasteiger partial charge in [0.15, 0.2) is 0 Å². The molecule has 0 spiro atoms. The third-order valence-electron chi connectivity index (χ3n) is 2.80. The van der Waals surface area contributed by atoms with Gasteiger partial charge in [-0.15, -0.1) is 0 Å². The van der Waals surface area contributed by atoms with Gasteiger partial charge in [-0.25, -0.2) is 9.18 Å². The molecule has 104 valence electrons. The van der Waals surface area contributed by atoms with E-state index in [9.17, 15) is 9.18 Å². The van der Waals surface area contributed by atoms with E-state index < -0.39 is 11.8 Å². The van der Waals surface area contributed by atoms with Crippen LogP contribution in [0.1, 0.15) is 21.5 Å². The number of hydrogen-bond donors (Lipinski definition) is 1. The van der Waals surface area contributed by atoms with E-state index in [0.29, 0.717) is 11.3 Å². The highest BCUT2D eigenvalue weighted by atomic mass is 79.9. The monoisotopic (exact) mass is 338 g/mol. The van der Waals surface area contributed by atoms with Crippen molar-refractivity contribution in [2.75, 3.05) is 0 Å². The summed E-state index contributed by atoms with van der Waals surface area (Å²) in [4.78, 5) is 10.7. The molecule has 2 aromatic carbocycles. The number of carboxylic acids is 1. The van der Waals surface area contributed by atoms with Gasteiger partial charge in [-0.3, -0.25) is 0 Å². The molecule has 0 saturated carbocycles. The first-order valence-electron chi connectivity index (χ1n) is 5.88. The lowest BCUT2D eigenvalue weighted by molar-refractivity contribution is 0.0692. The van der Waals surface area contributed by atoms with Crippen LogP contribution < -0.4 is 4.74 Å². The van der Waals surface area contributed by atoms with Gasteiger partial charge >= 0.3 is 5.97 Å². The molecule has 0 heterocycles. The molecule has 0 unspecified atom stereocenters. The van der Waals surface area contributed by atoms with E-state index in [-0.39, 0.29) is 12.2 Å². The fourth-order valence-electron chi connectivity index (χ4n) is 1.76. The van der Waals surface area contributed by atoms with Crippen molar-refractivity contribution in [1.82, 2.24) is 0 Å². The van der Waals surface area contributed by atoms with Crippen molar-refractivity contribution < 1.29 is 19.0 Å². The topological polar surface area (TPSA) is 46.5 Å². The highest BCUT2D eigenvalue weighted by Crippen LogP contribution is 2.23. The van der Waals surface area contributed by atoms with E-state index in [1.807, 2.05) is 25.1 Å². The third kappa shape index (κ3) is 3.36. The Labute approximate surface area is 124 Å². The van der Waals surface area contributed by atoms with Gasteiger partial charge in [-0.05, 0) is 48.4 Å². The van der Waals surface area contributed by atoms with Crippen LogP contribution in [0.5, 0.6) is 5.75 Å². The molecule has 0 atom stereocenters. The van der Waals surface area contributed by atoms with Gasteiger partial charge < -0.3 is 9.84 Å². The number of rotatable bonds is 4. The van der Waals surface area contributed by atoms with Crippen LogP contribution in [0.2, 0.25) is 0 Å². The molecule has 0 bridgehead atoms. The first-order chi connectivity index (χ1) is 9.47. The molecule has 0 radical (unpaired) electrons.